The summed E-state index contributed by atoms with van der Waals surface area (Å²) in [5, 5.41) is 3.08. The van der Waals surface area contributed by atoms with Crippen molar-refractivity contribution in [3.63, 3.8) is 0 Å². The lowest BCUT2D eigenvalue weighted by Crippen LogP contribution is -2.32. The predicted molar refractivity (Wildman–Crippen MR) is 113 cm³/mol. The molecule has 154 valence electrons. The Morgan fingerprint density at radius 1 is 1.10 bits per heavy atom. The summed E-state index contributed by atoms with van der Waals surface area (Å²) in [4.78, 5) is 14.0. The quantitative estimate of drug-likeness (QED) is 0.733. The van der Waals surface area contributed by atoms with Gasteiger partial charge in [0.1, 0.15) is 0 Å². The number of amides is 1. The van der Waals surface area contributed by atoms with Gasteiger partial charge in [-0.1, -0.05) is 18.2 Å². The summed E-state index contributed by atoms with van der Waals surface area (Å²) < 4.78 is 32.9. The third kappa shape index (κ3) is 4.83. The van der Waals surface area contributed by atoms with E-state index in [1.165, 1.54) is 17.0 Å². The Morgan fingerprint density at radius 3 is 2.66 bits per heavy atom. The van der Waals surface area contributed by atoms with Gasteiger partial charge in [0, 0.05) is 29.4 Å². The molecule has 0 unspecified atom stereocenters. The minimum atomic E-state index is -3.62. The topological polar surface area (TPSA) is 84.5 Å². The zero-order valence-electron chi connectivity index (χ0n) is 16.0. The Labute approximate surface area is 175 Å². The second-order valence-electron chi connectivity index (χ2n) is 7.21. The van der Waals surface area contributed by atoms with Gasteiger partial charge in [0.25, 0.3) is 5.91 Å². The lowest BCUT2D eigenvalue weighted by atomic mass is 10.0. The Hall–Kier alpha value is -1.87. The van der Waals surface area contributed by atoms with E-state index in [0.29, 0.717) is 12.2 Å². The van der Waals surface area contributed by atoms with Crippen LogP contribution in [0.3, 0.4) is 0 Å². The summed E-state index contributed by atoms with van der Waals surface area (Å²) in [6, 6.07) is 14.1. The average Bonchev–Trinajstić information content (AvgIpc) is 3.26. The monoisotopic (exact) mass is 432 g/mol. The number of rotatable bonds is 6. The molecule has 2 N–H and O–H groups in total. The van der Waals surface area contributed by atoms with Crippen molar-refractivity contribution in [2.45, 2.75) is 41.2 Å². The Bertz CT molecular complexity index is 970. The van der Waals surface area contributed by atoms with E-state index in [9.17, 15) is 13.2 Å². The molecule has 0 saturated carbocycles. The number of benzene rings is 2. The number of carbonyl (C=O) groups is 1. The first-order chi connectivity index (χ1) is 14.0. The molecule has 8 heteroatoms. The molecule has 0 radical (unpaired) electrons. The van der Waals surface area contributed by atoms with Crippen LogP contribution >= 0.6 is 11.8 Å². The molecule has 0 aliphatic carbocycles. The number of fused-ring (bicyclic) bond motifs is 1. The zero-order valence-corrected chi connectivity index (χ0v) is 17.6. The van der Waals surface area contributed by atoms with Gasteiger partial charge in [-0.3, -0.25) is 4.79 Å². The highest BCUT2D eigenvalue weighted by Gasteiger charge is 2.23. The normalized spacial score (nSPS) is 21.5. The highest BCUT2D eigenvalue weighted by atomic mass is 32.2. The average molecular weight is 433 g/mol. The van der Waals surface area contributed by atoms with E-state index in [0.717, 1.165) is 30.6 Å². The Balaban J connectivity index is 1.40. The first kappa shape index (κ1) is 20.4. The minimum Gasteiger partial charge on any atom is -0.377 e. The first-order valence-electron chi connectivity index (χ1n) is 9.77. The van der Waals surface area contributed by atoms with Crippen LogP contribution in [0, 0.1) is 0 Å². The van der Waals surface area contributed by atoms with Gasteiger partial charge in [0.05, 0.1) is 17.0 Å². The first-order valence-corrected chi connectivity index (χ1v) is 12.2. The summed E-state index contributed by atoms with van der Waals surface area (Å²) in [5.41, 5.74) is 1.58. The largest absolute Gasteiger partial charge is 0.377 e. The molecule has 29 heavy (non-hydrogen) atoms. The summed E-state index contributed by atoms with van der Waals surface area (Å²) in [6.45, 7) is 0.948. The van der Waals surface area contributed by atoms with Crippen LogP contribution in [-0.4, -0.2) is 39.3 Å². The second kappa shape index (κ2) is 8.87. The van der Waals surface area contributed by atoms with Crippen LogP contribution in [0.5, 0.6) is 0 Å². The summed E-state index contributed by atoms with van der Waals surface area (Å²) >= 11 is 1.80. The van der Waals surface area contributed by atoms with Gasteiger partial charge in [-0.05, 0) is 55.2 Å². The lowest BCUT2D eigenvalue weighted by Gasteiger charge is -2.25. The number of nitrogens with one attached hydrogen (secondary N) is 2. The van der Waals surface area contributed by atoms with Gasteiger partial charge in [0.15, 0.2) is 0 Å². The fourth-order valence-electron chi connectivity index (χ4n) is 3.61. The molecular formula is C21H24N2O4S2. The highest BCUT2D eigenvalue weighted by Crippen LogP contribution is 2.35. The van der Waals surface area contributed by atoms with E-state index in [1.807, 2.05) is 18.2 Å². The van der Waals surface area contributed by atoms with Crippen molar-refractivity contribution in [3.8, 4) is 0 Å². The van der Waals surface area contributed by atoms with Crippen molar-refractivity contribution in [2.24, 2.45) is 0 Å². The van der Waals surface area contributed by atoms with E-state index in [-0.39, 0.29) is 29.5 Å². The van der Waals surface area contributed by atoms with Gasteiger partial charge < -0.3 is 10.1 Å². The molecule has 2 aliphatic rings. The van der Waals surface area contributed by atoms with Crippen molar-refractivity contribution < 1.29 is 17.9 Å². The standard InChI is InChI=1S/C21H24N2O4S2/c24-21(23-19-11-13-28-20-6-2-1-5-18(19)20)15-7-9-17(10-8-15)29(25,26)22-14-16-4-3-12-27-16/h1-2,5-10,16,19,22H,3-4,11-14H2,(H,23,24)/t16-,19-/m1/s1. The Morgan fingerprint density at radius 2 is 1.90 bits per heavy atom. The van der Waals surface area contributed by atoms with Crippen molar-refractivity contribution in [1.29, 1.82) is 0 Å². The third-order valence-corrected chi connectivity index (χ3v) is 7.78. The fourth-order valence-corrected chi connectivity index (χ4v) is 5.80. The van der Waals surface area contributed by atoms with Crippen LogP contribution in [0.15, 0.2) is 58.3 Å². The van der Waals surface area contributed by atoms with Gasteiger partial charge in [-0.2, -0.15) is 0 Å². The van der Waals surface area contributed by atoms with Crippen molar-refractivity contribution >= 4 is 27.7 Å². The molecule has 2 atom stereocenters. The molecule has 0 bridgehead atoms. The molecule has 1 fully saturated rings. The molecule has 2 aromatic rings. The van der Waals surface area contributed by atoms with E-state index in [1.54, 1.807) is 23.9 Å². The zero-order chi connectivity index (χ0) is 20.3. The molecule has 2 heterocycles. The highest BCUT2D eigenvalue weighted by molar-refractivity contribution is 7.99. The molecule has 4 rings (SSSR count). The number of thioether (sulfide) groups is 1. The summed E-state index contributed by atoms with van der Waals surface area (Å²) in [5.74, 6) is 0.753. The van der Waals surface area contributed by atoms with Crippen molar-refractivity contribution in [1.82, 2.24) is 10.0 Å². The third-order valence-electron chi connectivity index (χ3n) is 5.22. The van der Waals surface area contributed by atoms with Crippen LogP contribution < -0.4 is 10.0 Å². The molecule has 2 aromatic carbocycles. The van der Waals surface area contributed by atoms with E-state index in [2.05, 4.69) is 16.1 Å². The minimum absolute atomic E-state index is 0.0311. The number of hydrogen-bond donors (Lipinski definition) is 2. The van der Waals surface area contributed by atoms with E-state index in [4.69, 9.17) is 4.74 Å². The molecule has 0 aromatic heterocycles. The van der Waals surface area contributed by atoms with Crippen LogP contribution in [0.4, 0.5) is 0 Å². The van der Waals surface area contributed by atoms with Gasteiger partial charge in [-0.15, -0.1) is 11.8 Å². The predicted octanol–water partition coefficient (Wildman–Crippen LogP) is 3.11. The molecular weight excluding hydrogens is 408 g/mol. The van der Waals surface area contributed by atoms with Crippen LogP contribution in [0.25, 0.3) is 0 Å². The van der Waals surface area contributed by atoms with E-state index >= 15 is 0 Å². The SMILES string of the molecule is O=C(N[C@@H]1CCSc2ccccc21)c1ccc(S(=O)(=O)NC[C@H]2CCCO2)cc1. The van der Waals surface area contributed by atoms with Crippen LogP contribution in [-0.2, 0) is 14.8 Å². The Kier molecular flexibility index (Phi) is 6.24. The number of hydrogen-bond acceptors (Lipinski definition) is 5. The number of ether oxygens (including phenoxy) is 1. The number of sulfonamides is 1. The summed E-state index contributed by atoms with van der Waals surface area (Å²) in [6.07, 6.45) is 2.63. The molecule has 0 spiro atoms. The maximum absolute atomic E-state index is 12.7. The maximum atomic E-state index is 12.7. The molecule has 1 amide bonds. The van der Waals surface area contributed by atoms with Gasteiger partial charge in [0.2, 0.25) is 10.0 Å². The van der Waals surface area contributed by atoms with Crippen molar-refractivity contribution in [3.05, 3.63) is 59.7 Å². The molecule has 6 nitrogen and oxygen atoms in total. The maximum Gasteiger partial charge on any atom is 0.251 e. The van der Waals surface area contributed by atoms with Crippen LogP contribution in [0.1, 0.15) is 41.2 Å². The van der Waals surface area contributed by atoms with Crippen LogP contribution in [0.2, 0.25) is 0 Å². The van der Waals surface area contributed by atoms with E-state index < -0.39 is 10.0 Å². The molecule has 2 aliphatic heterocycles. The second-order valence-corrected chi connectivity index (χ2v) is 10.1. The molecule has 1 saturated heterocycles. The lowest BCUT2D eigenvalue weighted by molar-refractivity contribution is 0.0935. The van der Waals surface area contributed by atoms with Gasteiger partial charge >= 0.3 is 0 Å². The number of carbonyl (C=O) groups excluding carboxylic acids is 1. The fraction of sp³-hybridized carbons (Fsp3) is 0.381. The van der Waals surface area contributed by atoms with Crippen molar-refractivity contribution in [2.75, 3.05) is 18.9 Å². The smallest absolute Gasteiger partial charge is 0.251 e. The summed E-state index contributed by atoms with van der Waals surface area (Å²) in [7, 11) is -3.62. The van der Waals surface area contributed by atoms with Gasteiger partial charge in [-0.25, -0.2) is 13.1 Å².